The van der Waals surface area contributed by atoms with E-state index in [-0.39, 0.29) is 0 Å². The highest BCUT2D eigenvalue weighted by atomic mass is 16.5. The van der Waals surface area contributed by atoms with Gasteiger partial charge in [0.1, 0.15) is 5.75 Å². The van der Waals surface area contributed by atoms with Gasteiger partial charge in [0.2, 0.25) is 0 Å². The molecule has 20 heavy (non-hydrogen) atoms. The van der Waals surface area contributed by atoms with Gasteiger partial charge in [-0.25, -0.2) is 10.2 Å². The number of ether oxygens (including phenoxy) is 2. The number of methoxy groups -OCH3 is 2. The minimum absolute atomic E-state index is 0.588. The van der Waals surface area contributed by atoms with E-state index in [0.29, 0.717) is 5.71 Å². The predicted molar refractivity (Wildman–Crippen MR) is 78.3 cm³/mol. The van der Waals surface area contributed by atoms with Crippen molar-refractivity contribution in [3.63, 3.8) is 0 Å². The third kappa shape index (κ3) is 3.06. The maximum absolute atomic E-state index is 11.0. The zero-order chi connectivity index (χ0) is 14.5. The number of carbonyl (C=O) groups excluding carboxylic acids is 1. The molecule has 2 aromatic rings. The van der Waals surface area contributed by atoms with Gasteiger partial charge in [-0.2, -0.15) is 5.10 Å². The highest BCUT2D eigenvalue weighted by Crippen LogP contribution is 2.22. The summed E-state index contributed by atoms with van der Waals surface area (Å²) >= 11 is 0. The molecule has 104 valence electrons. The van der Waals surface area contributed by atoms with Crippen LogP contribution in [-0.2, 0) is 4.74 Å². The Bertz CT molecular complexity index is 665. The number of nitrogens with zero attached hydrogens (tertiary/aromatic N) is 1. The van der Waals surface area contributed by atoms with E-state index >= 15 is 0 Å². The van der Waals surface area contributed by atoms with Crippen LogP contribution in [0.3, 0.4) is 0 Å². The van der Waals surface area contributed by atoms with Gasteiger partial charge in [0, 0.05) is 0 Å². The zero-order valence-corrected chi connectivity index (χ0v) is 11.6. The quantitative estimate of drug-likeness (QED) is 0.690. The number of rotatable bonds is 3. The Morgan fingerprint density at radius 1 is 1.10 bits per heavy atom. The Hall–Kier alpha value is -2.56. The Morgan fingerprint density at radius 3 is 2.50 bits per heavy atom. The van der Waals surface area contributed by atoms with E-state index < -0.39 is 6.09 Å². The van der Waals surface area contributed by atoms with Crippen LogP contribution in [0, 0.1) is 0 Å². The molecular formula is C15H16N2O3. The van der Waals surface area contributed by atoms with E-state index in [1.807, 2.05) is 43.3 Å². The molecular weight excluding hydrogens is 256 g/mol. The van der Waals surface area contributed by atoms with Crippen LogP contribution < -0.4 is 10.2 Å². The summed E-state index contributed by atoms with van der Waals surface area (Å²) in [6, 6.07) is 11.8. The summed E-state index contributed by atoms with van der Waals surface area (Å²) in [5, 5.41) is 6.14. The van der Waals surface area contributed by atoms with E-state index in [1.165, 1.54) is 7.11 Å². The second-order valence-electron chi connectivity index (χ2n) is 4.23. The summed E-state index contributed by atoms with van der Waals surface area (Å²) in [5.41, 5.74) is 3.94. The Morgan fingerprint density at radius 2 is 1.80 bits per heavy atom. The van der Waals surface area contributed by atoms with Crippen molar-refractivity contribution in [2.45, 2.75) is 6.92 Å². The largest absolute Gasteiger partial charge is 0.497 e. The number of hydrogen-bond acceptors (Lipinski definition) is 4. The van der Waals surface area contributed by atoms with E-state index in [9.17, 15) is 4.79 Å². The Kier molecular flexibility index (Phi) is 4.20. The first-order valence-electron chi connectivity index (χ1n) is 6.10. The third-order valence-electron chi connectivity index (χ3n) is 2.97. The molecule has 5 heteroatoms. The first-order chi connectivity index (χ1) is 9.63. The summed E-state index contributed by atoms with van der Waals surface area (Å²) in [5.74, 6) is 0.822. The van der Waals surface area contributed by atoms with Crippen LogP contribution in [-0.4, -0.2) is 26.0 Å². The second-order valence-corrected chi connectivity index (χ2v) is 4.23. The van der Waals surface area contributed by atoms with Crippen LogP contribution in [0.25, 0.3) is 10.8 Å². The minimum Gasteiger partial charge on any atom is -0.497 e. The topological polar surface area (TPSA) is 59.9 Å². The maximum Gasteiger partial charge on any atom is 0.427 e. The van der Waals surface area contributed by atoms with Crippen molar-refractivity contribution in [2.75, 3.05) is 14.2 Å². The van der Waals surface area contributed by atoms with Crippen LogP contribution in [0.2, 0.25) is 0 Å². The van der Waals surface area contributed by atoms with E-state index in [1.54, 1.807) is 7.11 Å². The van der Waals surface area contributed by atoms with Gasteiger partial charge in [0.25, 0.3) is 0 Å². The molecule has 0 spiro atoms. The van der Waals surface area contributed by atoms with E-state index in [4.69, 9.17) is 4.74 Å². The fourth-order valence-electron chi connectivity index (χ4n) is 1.82. The monoisotopic (exact) mass is 272 g/mol. The molecule has 0 unspecified atom stereocenters. The fraction of sp³-hybridized carbons (Fsp3) is 0.200. The second kappa shape index (κ2) is 6.06. The molecule has 1 amide bonds. The van der Waals surface area contributed by atoms with Gasteiger partial charge in [-0.15, -0.1) is 0 Å². The number of carbonyl (C=O) groups is 1. The van der Waals surface area contributed by atoms with Crippen molar-refractivity contribution < 1.29 is 14.3 Å². The van der Waals surface area contributed by atoms with Gasteiger partial charge in [0.05, 0.1) is 19.9 Å². The highest BCUT2D eigenvalue weighted by molar-refractivity contribution is 6.02. The number of hydrazone groups is 1. The molecule has 0 radical (unpaired) electrons. The van der Waals surface area contributed by atoms with Gasteiger partial charge in [-0.3, -0.25) is 0 Å². The maximum atomic E-state index is 11.0. The molecule has 0 aliphatic heterocycles. The first-order valence-corrected chi connectivity index (χ1v) is 6.10. The van der Waals surface area contributed by atoms with Crippen molar-refractivity contribution in [2.24, 2.45) is 5.10 Å². The van der Waals surface area contributed by atoms with Crippen LogP contribution >= 0.6 is 0 Å². The summed E-state index contributed by atoms with van der Waals surface area (Å²) in [6.07, 6.45) is -0.588. The van der Waals surface area contributed by atoms with E-state index in [2.05, 4.69) is 15.3 Å². The van der Waals surface area contributed by atoms with Crippen molar-refractivity contribution in [3.05, 3.63) is 42.0 Å². The van der Waals surface area contributed by atoms with Crippen LogP contribution in [0.1, 0.15) is 12.5 Å². The lowest BCUT2D eigenvalue weighted by atomic mass is 10.0. The molecule has 0 aromatic heterocycles. The molecule has 0 saturated carbocycles. The lowest BCUT2D eigenvalue weighted by molar-refractivity contribution is 0.171. The van der Waals surface area contributed by atoms with Crippen molar-refractivity contribution in [1.82, 2.24) is 5.43 Å². The molecule has 0 saturated heterocycles. The molecule has 0 heterocycles. The summed E-state index contributed by atoms with van der Waals surface area (Å²) in [7, 11) is 2.94. The molecule has 2 aromatic carbocycles. The molecule has 0 atom stereocenters. The normalized spacial score (nSPS) is 11.2. The molecule has 0 fully saturated rings. The summed E-state index contributed by atoms with van der Waals surface area (Å²) < 4.78 is 9.65. The van der Waals surface area contributed by atoms with Crippen LogP contribution in [0.4, 0.5) is 4.79 Å². The molecule has 0 aliphatic carbocycles. The van der Waals surface area contributed by atoms with Crippen molar-refractivity contribution in [3.8, 4) is 5.75 Å². The van der Waals surface area contributed by atoms with Gasteiger partial charge >= 0.3 is 6.09 Å². The molecule has 0 aliphatic rings. The van der Waals surface area contributed by atoms with Gasteiger partial charge in [0.15, 0.2) is 0 Å². The summed E-state index contributed by atoms with van der Waals surface area (Å²) in [6.45, 7) is 1.82. The lowest BCUT2D eigenvalue weighted by Gasteiger charge is -2.06. The van der Waals surface area contributed by atoms with Gasteiger partial charge in [-0.1, -0.05) is 18.2 Å². The van der Waals surface area contributed by atoms with E-state index in [0.717, 1.165) is 22.1 Å². The average molecular weight is 272 g/mol. The minimum atomic E-state index is -0.588. The number of fused-ring (bicyclic) bond motifs is 1. The van der Waals surface area contributed by atoms with Crippen LogP contribution in [0.5, 0.6) is 5.75 Å². The van der Waals surface area contributed by atoms with Gasteiger partial charge in [-0.05, 0) is 41.5 Å². The molecule has 2 rings (SSSR count). The van der Waals surface area contributed by atoms with Crippen molar-refractivity contribution >= 4 is 22.6 Å². The standard InChI is InChI=1S/C15H16N2O3/c1-10(16-17-15(18)20-3)11-4-5-13-9-14(19-2)7-6-12(13)8-11/h4-9H,1-3H3,(H,17,18)/b16-10-. The van der Waals surface area contributed by atoms with Crippen LogP contribution in [0.15, 0.2) is 41.5 Å². The third-order valence-corrected chi connectivity index (χ3v) is 2.97. The van der Waals surface area contributed by atoms with Crippen molar-refractivity contribution in [1.29, 1.82) is 0 Å². The Labute approximate surface area is 117 Å². The van der Waals surface area contributed by atoms with Gasteiger partial charge < -0.3 is 9.47 Å². The summed E-state index contributed by atoms with van der Waals surface area (Å²) in [4.78, 5) is 11.0. The highest BCUT2D eigenvalue weighted by Gasteiger charge is 2.02. The number of hydrogen-bond donors (Lipinski definition) is 1. The lowest BCUT2D eigenvalue weighted by Crippen LogP contribution is -2.18. The molecule has 0 bridgehead atoms. The smallest absolute Gasteiger partial charge is 0.427 e. The fourth-order valence-corrected chi connectivity index (χ4v) is 1.82. The SMILES string of the molecule is COC(=O)N/N=C(/C)c1ccc2cc(OC)ccc2c1. The zero-order valence-electron chi connectivity index (χ0n) is 11.6. The number of amides is 1. The number of nitrogens with one attached hydrogen (secondary N) is 1. The molecule has 1 N–H and O–H groups in total. The number of benzene rings is 2. The Balaban J connectivity index is 2.29. The average Bonchev–Trinajstić information content (AvgIpc) is 2.50. The molecule has 5 nitrogen and oxygen atoms in total. The first kappa shape index (κ1) is 13.9. The predicted octanol–water partition coefficient (Wildman–Crippen LogP) is 2.93.